The Morgan fingerprint density at radius 3 is 1.69 bits per heavy atom. The molecule has 0 aliphatic rings. The molecule has 8 aromatic rings. The number of thiophene rings is 1. The Balaban J connectivity index is 1.80. The van der Waals surface area contributed by atoms with Gasteiger partial charge in [0.2, 0.25) is 0 Å². The van der Waals surface area contributed by atoms with E-state index < -0.39 is 0 Å². The first-order chi connectivity index (χ1) is 14.2. The first-order valence-electron chi connectivity index (χ1n) is 8.84. The summed E-state index contributed by atoms with van der Waals surface area (Å²) in [5.41, 5.74) is 3.11. The maximum atomic E-state index is 13.4. The van der Waals surface area contributed by atoms with Crippen molar-refractivity contribution in [2.45, 2.75) is 0 Å². The van der Waals surface area contributed by atoms with Crippen LogP contribution in [0.1, 0.15) is 0 Å². The summed E-state index contributed by atoms with van der Waals surface area (Å²) >= 11 is 1.92. The summed E-state index contributed by atoms with van der Waals surface area (Å²) in [5, 5.41) is 3.02. The Kier molecular flexibility index (Phi) is 2.52. The van der Waals surface area contributed by atoms with Crippen LogP contribution >= 0.6 is 11.3 Å². The van der Waals surface area contributed by atoms with Crippen molar-refractivity contribution in [2.24, 2.45) is 0 Å². The summed E-state index contributed by atoms with van der Waals surface area (Å²) in [6.45, 7) is 0. The quantitative estimate of drug-likeness (QED) is 0.226. The molecular weight excluding hydrogens is 518 g/mol. The number of nitrogens with zero attached hydrogens (tertiary/aromatic N) is 4. The van der Waals surface area contributed by atoms with E-state index in [0.29, 0.717) is 22.1 Å². The molecule has 9 heteroatoms. The van der Waals surface area contributed by atoms with Gasteiger partial charge < -0.3 is 0 Å². The Bertz CT molecular complexity index is 1930. The molecule has 0 amide bonds. The molecule has 0 aliphatic heterocycles. The van der Waals surface area contributed by atoms with Gasteiger partial charge in [-0.25, -0.2) is 0 Å². The third-order valence-corrected chi connectivity index (χ3v) is 10.2. The van der Waals surface area contributed by atoms with Crippen molar-refractivity contribution in [3.8, 4) is 0 Å². The van der Waals surface area contributed by atoms with Crippen LogP contribution in [-0.4, -0.2) is 47.8 Å². The first-order valence-corrected chi connectivity index (χ1v) is 13.3. The van der Waals surface area contributed by atoms with Gasteiger partial charge in [-0.1, -0.05) is 0 Å². The number of imidazole rings is 2. The Labute approximate surface area is 175 Å². The van der Waals surface area contributed by atoms with Gasteiger partial charge in [-0.05, 0) is 0 Å². The van der Waals surface area contributed by atoms with E-state index in [4.69, 9.17) is 9.97 Å². The van der Waals surface area contributed by atoms with E-state index in [-0.39, 0.29) is 40.1 Å². The second kappa shape index (κ2) is 4.78. The summed E-state index contributed by atoms with van der Waals surface area (Å²) < 4.78 is 7.42. The molecule has 136 valence electrons. The summed E-state index contributed by atoms with van der Waals surface area (Å²) in [6.07, 6.45) is 0. The molecular formula is C20H6N4O2SSe2. The predicted octanol–water partition coefficient (Wildman–Crippen LogP) is 2.52. The van der Waals surface area contributed by atoms with Crippen LogP contribution < -0.4 is 11.1 Å². The maximum absolute atomic E-state index is 13.4. The van der Waals surface area contributed by atoms with Crippen LogP contribution in [0.15, 0.2) is 43.7 Å². The van der Waals surface area contributed by atoms with Crippen LogP contribution in [0.3, 0.4) is 0 Å². The predicted molar refractivity (Wildman–Crippen MR) is 118 cm³/mol. The molecule has 7 aromatic heterocycles. The van der Waals surface area contributed by atoms with E-state index in [9.17, 15) is 9.59 Å². The van der Waals surface area contributed by atoms with Crippen LogP contribution in [-0.2, 0) is 0 Å². The summed E-state index contributed by atoms with van der Waals surface area (Å²) in [6, 6.07) is 7.61. The molecule has 8 rings (SSSR count). The van der Waals surface area contributed by atoms with Gasteiger partial charge in [0.05, 0.1) is 0 Å². The number of fused-ring (bicyclic) bond motifs is 8. The molecule has 0 unspecified atom stereocenters. The fraction of sp³-hybridized carbons (Fsp3) is 0. The van der Waals surface area contributed by atoms with Crippen LogP contribution in [0.5, 0.6) is 0 Å². The molecule has 0 saturated carbocycles. The molecule has 0 radical (unpaired) electrons. The van der Waals surface area contributed by atoms with Crippen molar-refractivity contribution in [1.29, 1.82) is 0 Å². The Morgan fingerprint density at radius 2 is 1.21 bits per heavy atom. The molecule has 7 heterocycles. The minimum absolute atomic E-state index is 0.0605. The van der Waals surface area contributed by atoms with E-state index >= 15 is 0 Å². The molecule has 0 spiro atoms. The number of hydrogen-bond donors (Lipinski definition) is 0. The third-order valence-electron chi connectivity index (χ3n) is 5.71. The van der Waals surface area contributed by atoms with Gasteiger partial charge in [0.1, 0.15) is 0 Å². The number of hydrogen-bond acceptors (Lipinski definition) is 5. The van der Waals surface area contributed by atoms with E-state index in [1.165, 1.54) is 0 Å². The molecule has 1 aromatic carbocycles. The third kappa shape index (κ3) is 1.57. The van der Waals surface area contributed by atoms with Gasteiger partial charge in [0.15, 0.2) is 0 Å². The molecule has 0 aliphatic carbocycles. The second-order valence-electron chi connectivity index (χ2n) is 7.04. The Hall–Kier alpha value is -2.54. The van der Waals surface area contributed by atoms with Crippen molar-refractivity contribution in [2.75, 3.05) is 0 Å². The fourth-order valence-electron chi connectivity index (χ4n) is 4.52. The molecule has 0 saturated heterocycles. The second-order valence-corrected chi connectivity index (χ2v) is 11.8. The number of pyridine rings is 2. The number of benzene rings is 1. The van der Waals surface area contributed by atoms with Crippen molar-refractivity contribution in [3.05, 3.63) is 54.9 Å². The van der Waals surface area contributed by atoms with Gasteiger partial charge in [0, 0.05) is 0 Å². The number of rotatable bonds is 0. The van der Waals surface area contributed by atoms with Gasteiger partial charge in [-0.2, -0.15) is 0 Å². The van der Waals surface area contributed by atoms with E-state index in [1.807, 2.05) is 12.1 Å². The normalized spacial score (nSPS) is 13.1. The molecule has 6 nitrogen and oxygen atoms in total. The van der Waals surface area contributed by atoms with Crippen molar-refractivity contribution in [3.63, 3.8) is 0 Å². The summed E-state index contributed by atoms with van der Waals surface area (Å²) in [7, 11) is 0. The van der Waals surface area contributed by atoms with Gasteiger partial charge in [-0.15, -0.1) is 0 Å². The molecule has 0 fully saturated rings. The van der Waals surface area contributed by atoms with E-state index in [0.717, 1.165) is 40.0 Å². The monoisotopic (exact) mass is 526 g/mol. The van der Waals surface area contributed by atoms with Crippen molar-refractivity contribution < 1.29 is 0 Å². The van der Waals surface area contributed by atoms with Crippen molar-refractivity contribution in [1.82, 2.24) is 18.8 Å². The zero-order valence-corrected chi connectivity index (χ0v) is 18.5. The fourth-order valence-corrected chi connectivity index (χ4v) is 8.94. The van der Waals surface area contributed by atoms with E-state index in [2.05, 4.69) is 9.88 Å². The molecule has 0 N–H and O–H groups in total. The number of aromatic nitrogens is 4. The van der Waals surface area contributed by atoms with E-state index in [1.54, 1.807) is 32.3 Å². The van der Waals surface area contributed by atoms with Gasteiger partial charge in [0.25, 0.3) is 0 Å². The Morgan fingerprint density at radius 1 is 0.724 bits per heavy atom. The van der Waals surface area contributed by atoms with Gasteiger partial charge >= 0.3 is 176 Å². The topological polar surface area (TPSA) is 68.7 Å². The van der Waals surface area contributed by atoms with Crippen LogP contribution in [0.4, 0.5) is 0 Å². The first kappa shape index (κ1) is 15.3. The zero-order valence-electron chi connectivity index (χ0n) is 14.3. The SMILES string of the molecule is O=c1c2ccc3c(=O)n4c5cc[se]c5nc4c4sc(c2c34)c2nc3[se]ccc3n12. The average Bonchev–Trinajstić information content (AvgIpc) is 3.48. The molecule has 0 bridgehead atoms. The standard InChI is InChI=1S/C20H6N4O2SSe2/c25-19-7-1-2-8-12-11(7)13(15-21-17-9(23(15)19)3-5-28-17)27-14(12)16-22-18-10(4-6-29-18)24(16)20(8)26/h1-6H. The summed E-state index contributed by atoms with van der Waals surface area (Å²) in [5.74, 6) is 0. The van der Waals surface area contributed by atoms with Crippen LogP contribution in [0.2, 0.25) is 0 Å². The van der Waals surface area contributed by atoms with Gasteiger partial charge in [-0.3, -0.25) is 0 Å². The zero-order chi connectivity index (χ0) is 19.0. The summed E-state index contributed by atoms with van der Waals surface area (Å²) in [4.78, 5) is 40.6. The van der Waals surface area contributed by atoms with Crippen LogP contribution in [0, 0.1) is 0 Å². The molecule has 29 heavy (non-hydrogen) atoms. The van der Waals surface area contributed by atoms with Crippen molar-refractivity contribution >= 4 is 102 Å². The van der Waals surface area contributed by atoms with Crippen LogP contribution in [0.25, 0.3) is 62.1 Å². The minimum atomic E-state index is -0.0605. The average molecular weight is 524 g/mol. The molecule has 0 atom stereocenters.